The maximum atomic E-state index is 5.80. The van der Waals surface area contributed by atoms with Crippen LogP contribution in [-0.2, 0) is 6.42 Å². The Labute approximate surface area is 102 Å². The van der Waals surface area contributed by atoms with E-state index >= 15 is 0 Å². The van der Waals surface area contributed by atoms with Crippen molar-refractivity contribution in [2.75, 3.05) is 5.73 Å². The van der Waals surface area contributed by atoms with Gasteiger partial charge in [0, 0.05) is 18.1 Å². The molecule has 3 heteroatoms. The third-order valence-corrected chi connectivity index (χ3v) is 2.63. The first-order chi connectivity index (χ1) is 8.08. The van der Waals surface area contributed by atoms with Gasteiger partial charge < -0.3 is 5.73 Å². The second-order valence-electron chi connectivity index (χ2n) is 4.32. The van der Waals surface area contributed by atoms with Crippen molar-refractivity contribution < 1.29 is 0 Å². The number of hydrogen-bond donors (Lipinski definition) is 1. The van der Waals surface area contributed by atoms with Crippen molar-refractivity contribution in [2.45, 2.75) is 27.2 Å². The number of rotatable bonds is 2. The van der Waals surface area contributed by atoms with Gasteiger partial charge >= 0.3 is 0 Å². The summed E-state index contributed by atoms with van der Waals surface area (Å²) in [6.45, 7) is 6.20. The average molecular weight is 227 g/mol. The summed E-state index contributed by atoms with van der Waals surface area (Å²) >= 11 is 0. The molecule has 0 amide bonds. The molecule has 1 aromatic carbocycles. The SMILES string of the molecule is CCc1nc(N)cc(-c2cc(C)cc(C)c2)n1. The topological polar surface area (TPSA) is 51.8 Å². The minimum atomic E-state index is 0.533. The van der Waals surface area contributed by atoms with E-state index in [0.29, 0.717) is 5.82 Å². The zero-order chi connectivity index (χ0) is 12.4. The predicted molar refractivity (Wildman–Crippen MR) is 70.7 cm³/mol. The quantitative estimate of drug-likeness (QED) is 0.858. The van der Waals surface area contributed by atoms with E-state index in [1.165, 1.54) is 11.1 Å². The summed E-state index contributed by atoms with van der Waals surface area (Å²) in [5, 5.41) is 0. The standard InChI is InChI=1S/C14H17N3/c1-4-14-16-12(8-13(15)17-14)11-6-9(2)5-10(3)7-11/h5-8H,4H2,1-3H3,(H2,15,16,17). The number of hydrogen-bond acceptors (Lipinski definition) is 3. The molecule has 88 valence electrons. The Balaban J connectivity index is 2.55. The maximum absolute atomic E-state index is 5.80. The predicted octanol–water partition coefficient (Wildman–Crippen LogP) is 2.91. The van der Waals surface area contributed by atoms with Crippen LogP contribution < -0.4 is 5.73 Å². The summed E-state index contributed by atoms with van der Waals surface area (Å²) in [5.41, 5.74) is 10.3. The van der Waals surface area contributed by atoms with Crippen molar-refractivity contribution in [3.8, 4) is 11.3 Å². The first-order valence-corrected chi connectivity index (χ1v) is 5.80. The van der Waals surface area contributed by atoms with Gasteiger partial charge in [0.2, 0.25) is 0 Å². The fourth-order valence-electron chi connectivity index (χ4n) is 1.95. The van der Waals surface area contributed by atoms with Crippen LogP contribution in [-0.4, -0.2) is 9.97 Å². The molecule has 0 saturated heterocycles. The van der Waals surface area contributed by atoms with E-state index in [-0.39, 0.29) is 0 Å². The van der Waals surface area contributed by atoms with Crippen molar-refractivity contribution in [1.29, 1.82) is 0 Å². The summed E-state index contributed by atoms with van der Waals surface area (Å²) in [4.78, 5) is 8.70. The van der Waals surface area contributed by atoms with Gasteiger partial charge in [0.25, 0.3) is 0 Å². The van der Waals surface area contributed by atoms with Crippen LogP contribution >= 0.6 is 0 Å². The lowest BCUT2D eigenvalue weighted by molar-refractivity contribution is 0.948. The van der Waals surface area contributed by atoms with Gasteiger partial charge in [0.1, 0.15) is 11.6 Å². The molecule has 0 spiro atoms. The lowest BCUT2D eigenvalue weighted by Crippen LogP contribution is -2.00. The molecule has 0 bridgehead atoms. The van der Waals surface area contributed by atoms with Crippen LogP contribution in [0.3, 0.4) is 0 Å². The van der Waals surface area contributed by atoms with E-state index in [4.69, 9.17) is 5.73 Å². The fourth-order valence-corrected chi connectivity index (χ4v) is 1.95. The van der Waals surface area contributed by atoms with Gasteiger partial charge in [0.05, 0.1) is 5.69 Å². The Kier molecular flexibility index (Phi) is 3.09. The molecule has 2 aromatic rings. The van der Waals surface area contributed by atoms with E-state index in [1.54, 1.807) is 0 Å². The largest absolute Gasteiger partial charge is 0.384 e. The molecule has 2 rings (SSSR count). The second kappa shape index (κ2) is 4.53. The molecule has 0 radical (unpaired) electrons. The highest BCUT2D eigenvalue weighted by atomic mass is 14.9. The summed E-state index contributed by atoms with van der Waals surface area (Å²) < 4.78 is 0. The van der Waals surface area contributed by atoms with Crippen LogP contribution in [0.5, 0.6) is 0 Å². The minimum Gasteiger partial charge on any atom is -0.384 e. The van der Waals surface area contributed by atoms with Crippen LogP contribution in [0.15, 0.2) is 24.3 Å². The van der Waals surface area contributed by atoms with E-state index in [0.717, 1.165) is 23.5 Å². The third kappa shape index (κ3) is 2.61. The Morgan fingerprint density at radius 3 is 2.24 bits per heavy atom. The Hall–Kier alpha value is -1.90. The lowest BCUT2D eigenvalue weighted by Gasteiger charge is -2.07. The molecule has 0 unspecified atom stereocenters. The first kappa shape index (κ1) is 11.6. The molecule has 0 aliphatic carbocycles. The van der Waals surface area contributed by atoms with Gasteiger partial charge in [-0.05, 0) is 26.0 Å². The van der Waals surface area contributed by atoms with Gasteiger partial charge in [-0.1, -0.05) is 24.1 Å². The third-order valence-electron chi connectivity index (χ3n) is 2.63. The molecular weight excluding hydrogens is 210 g/mol. The number of aromatic nitrogens is 2. The molecule has 0 atom stereocenters. The number of aryl methyl sites for hydroxylation is 3. The molecular formula is C14H17N3. The molecule has 0 aliphatic heterocycles. The first-order valence-electron chi connectivity index (χ1n) is 5.80. The van der Waals surface area contributed by atoms with E-state index in [2.05, 4.69) is 42.0 Å². The number of benzene rings is 1. The summed E-state index contributed by atoms with van der Waals surface area (Å²) in [5.74, 6) is 1.32. The molecule has 2 N–H and O–H groups in total. The van der Waals surface area contributed by atoms with Crippen molar-refractivity contribution in [3.05, 3.63) is 41.2 Å². The Bertz CT molecular complexity index is 527. The second-order valence-corrected chi connectivity index (χ2v) is 4.32. The van der Waals surface area contributed by atoms with Crippen LogP contribution in [0.2, 0.25) is 0 Å². The smallest absolute Gasteiger partial charge is 0.131 e. The van der Waals surface area contributed by atoms with E-state index < -0.39 is 0 Å². The van der Waals surface area contributed by atoms with E-state index in [9.17, 15) is 0 Å². The zero-order valence-electron chi connectivity index (χ0n) is 10.5. The summed E-state index contributed by atoms with van der Waals surface area (Å²) in [6, 6.07) is 8.21. The van der Waals surface area contributed by atoms with Gasteiger partial charge in [-0.15, -0.1) is 0 Å². The number of nitrogen functional groups attached to an aromatic ring is 1. The van der Waals surface area contributed by atoms with Crippen molar-refractivity contribution in [2.24, 2.45) is 0 Å². The fraction of sp³-hybridized carbons (Fsp3) is 0.286. The number of nitrogens with zero attached hydrogens (tertiary/aromatic N) is 2. The lowest BCUT2D eigenvalue weighted by atomic mass is 10.0. The molecule has 0 fully saturated rings. The highest BCUT2D eigenvalue weighted by molar-refractivity contribution is 5.63. The number of nitrogens with two attached hydrogens (primary N) is 1. The van der Waals surface area contributed by atoms with Gasteiger partial charge in [-0.25, -0.2) is 9.97 Å². The van der Waals surface area contributed by atoms with Crippen molar-refractivity contribution in [1.82, 2.24) is 9.97 Å². The number of anilines is 1. The van der Waals surface area contributed by atoms with Crippen LogP contribution in [0.1, 0.15) is 23.9 Å². The molecule has 3 nitrogen and oxygen atoms in total. The minimum absolute atomic E-state index is 0.533. The molecule has 0 saturated carbocycles. The molecule has 1 heterocycles. The summed E-state index contributed by atoms with van der Waals surface area (Å²) in [7, 11) is 0. The van der Waals surface area contributed by atoms with Crippen LogP contribution in [0, 0.1) is 13.8 Å². The molecule has 1 aromatic heterocycles. The monoisotopic (exact) mass is 227 g/mol. The Morgan fingerprint density at radius 2 is 1.65 bits per heavy atom. The molecule has 17 heavy (non-hydrogen) atoms. The van der Waals surface area contributed by atoms with Crippen molar-refractivity contribution >= 4 is 5.82 Å². The maximum Gasteiger partial charge on any atom is 0.131 e. The van der Waals surface area contributed by atoms with Crippen molar-refractivity contribution in [3.63, 3.8) is 0 Å². The Morgan fingerprint density at radius 1 is 1.00 bits per heavy atom. The van der Waals surface area contributed by atoms with Crippen LogP contribution in [0.4, 0.5) is 5.82 Å². The average Bonchev–Trinajstić information content (AvgIpc) is 2.26. The zero-order valence-corrected chi connectivity index (χ0v) is 10.5. The van der Waals surface area contributed by atoms with Gasteiger partial charge in [-0.2, -0.15) is 0 Å². The van der Waals surface area contributed by atoms with Crippen LogP contribution in [0.25, 0.3) is 11.3 Å². The highest BCUT2D eigenvalue weighted by Gasteiger charge is 2.05. The highest BCUT2D eigenvalue weighted by Crippen LogP contribution is 2.21. The normalized spacial score (nSPS) is 10.5. The molecule has 0 aliphatic rings. The van der Waals surface area contributed by atoms with E-state index in [1.807, 2.05) is 13.0 Å². The van der Waals surface area contributed by atoms with Gasteiger partial charge in [-0.3, -0.25) is 0 Å². The van der Waals surface area contributed by atoms with Gasteiger partial charge in [0.15, 0.2) is 0 Å². The summed E-state index contributed by atoms with van der Waals surface area (Å²) in [6.07, 6.45) is 0.794.